The van der Waals surface area contributed by atoms with Crippen molar-refractivity contribution in [3.63, 3.8) is 0 Å². The van der Waals surface area contributed by atoms with Gasteiger partial charge in [0.15, 0.2) is 0 Å². The van der Waals surface area contributed by atoms with Gasteiger partial charge in [0.1, 0.15) is 0 Å². The fourth-order valence-corrected chi connectivity index (χ4v) is 3.68. The molecular formula is C17H26N2. The van der Waals surface area contributed by atoms with E-state index in [2.05, 4.69) is 41.4 Å². The van der Waals surface area contributed by atoms with E-state index in [9.17, 15) is 0 Å². The molecule has 1 N–H and O–H groups in total. The Morgan fingerprint density at radius 1 is 1.11 bits per heavy atom. The van der Waals surface area contributed by atoms with Crippen molar-refractivity contribution in [2.24, 2.45) is 0 Å². The van der Waals surface area contributed by atoms with Crippen LogP contribution in [0.4, 0.5) is 5.69 Å². The Labute approximate surface area is 117 Å². The van der Waals surface area contributed by atoms with Gasteiger partial charge in [0, 0.05) is 30.9 Å². The minimum Gasteiger partial charge on any atom is -0.368 e. The first-order valence-electron chi connectivity index (χ1n) is 7.90. The Morgan fingerprint density at radius 2 is 1.84 bits per heavy atom. The maximum absolute atomic E-state index is 3.82. The van der Waals surface area contributed by atoms with Crippen molar-refractivity contribution in [1.82, 2.24) is 5.32 Å². The Hall–Kier alpha value is -1.02. The second kappa shape index (κ2) is 5.54. The van der Waals surface area contributed by atoms with Gasteiger partial charge in [0.05, 0.1) is 0 Å². The fraction of sp³-hybridized carbons (Fsp3) is 0.647. The van der Waals surface area contributed by atoms with Gasteiger partial charge in [0.2, 0.25) is 0 Å². The first kappa shape index (κ1) is 13.0. The highest BCUT2D eigenvalue weighted by atomic mass is 15.2. The molecule has 19 heavy (non-hydrogen) atoms. The summed E-state index contributed by atoms with van der Waals surface area (Å²) >= 11 is 0. The summed E-state index contributed by atoms with van der Waals surface area (Å²) in [6, 6.07) is 9.18. The van der Waals surface area contributed by atoms with Crippen LogP contribution >= 0.6 is 0 Å². The van der Waals surface area contributed by atoms with E-state index in [-0.39, 0.29) is 0 Å². The van der Waals surface area contributed by atoms with E-state index in [1.165, 1.54) is 49.9 Å². The van der Waals surface area contributed by atoms with Gasteiger partial charge in [-0.25, -0.2) is 0 Å². The topological polar surface area (TPSA) is 15.3 Å². The molecule has 0 unspecified atom stereocenters. The van der Waals surface area contributed by atoms with Gasteiger partial charge in [-0.1, -0.05) is 38.3 Å². The molecule has 0 radical (unpaired) electrons. The van der Waals surface area contributed by atoms with E-state index < -0.39 is 0 Å². The molecule has 2 heteroatoms. The lowest BCUT2D eigenvalue weighted by molar-refractivity contribution is 0.216. The van der Waals surface area contributed by atoms with Crippen molar-refractivity contribution in [1.29, 1.82) is 0 Å². The average molecular weight is 258 g/mol. The van der Waals surface area contributed by atoms with Crippen LogP contribution in [0.2, 0.25) is 0 Å². The van der Waals surface area contributed by atoms with Crippen molar-refractivity contribution in [2.45, 2.75) is 51.0 Å². The molecule has 1 saturated carbocycles. The highest BCUT2D eigenvalue weighted by Gasteiger charge is 2.36. The number of anilines is 1. The summed E-state index contributed by atoms with van der Waals surface area (Å²) < 4.78 is 0. The lowest BCUT2D eigenvalue weighted by atomic mass is 9.80. The lowest BCUT2D eigenvalue weighted by Crippen LogP contribution is -2.61. The van der Waals surface area contributed by atoms with E-state index in [0.29, 0.717) is 5.54 Å². The van der Waals surface area contributed by atoms with Gasteiger partial charge in [-0.05, 0) is 37.0 Å². The summed E-state index contributed by atoms with van der Waals surface area (Å²) in [4.78, 5) is 2.58. The van der Waals surface area contributed by atoms with Crippen molar-refractivity contribution < 1.29 is 0 Å². The molecule has 0 bridgehead atoms. The van der Waals surface area contributed by atoms with Crippen LogP contribution < -0.4 is 10.2 Å². The van der Waals surface area contributed by atoms with Gasteiger partial charge >= 0.3 is 0 Å². The number of hydrogen-bond donors (Lipinski definition) is 1. The summed E-state index contributed by atoms with van der Waals surface area (Å²) in [6.45, 7) is 5.69. The molecule has 1 aromatic carbocycles. The minimum atomic E-state index is 0.403. The van der Waals surface area contributed by atoms with E-state index in [1.807, 2.05) is 0 Å². The molecule has 2 aliphatic rings. The Bertz CT molecular complexity index is 398. The molecule has 1 heterocycles. The zero-order chi connectivity index (χ0) is 13.1. The molecule has 2 nitrogen and oxygen atoms in total. The van der Waals surface area contributed by atoms with Crippen LogP contribution in [0.5, 0.6) is 0 Å². The number of benzene rings is 1. The van der Waals surface area contributed by atoms with Crippen LogP contribution in [0, 0.1) is 0 Å². The van der Waals surface area contributed by atoms with Crippen LogP contribution in [0.3, 0.4) is 0 Å². The normalized spacial score (nSPS) is 22.7. The highest BCUT2D eigenvalue weighted by molar-refractivity contribution is 5.48. The van der Waals surface area contributed by atoms with Crippen LogP contribution in [0.25, 0.3) is 0 Å². The van der Waals surface area contributed by atoms with Crippen LogP contribution in [-0.2, 0) is 6.42 Å². The van der Waals surface area contributed by atoms with Crippen LogP contribution in [0.15, 0.2) is 24.3 Å². The van der Waals surface area contributed by atoms with Gasteiger partial charge in [-0.15, -0.1) is 0 Å². The van der Waals surface area contributed by atoms with E-state index >= 15 is 0 Å². The zero-order valence-corrected chi connectivity index (χ0v) is 12.1. The number of nitrogens with one attached hydrogen (secondary N) is 1. The van der Waals surface area contributed by atoms with Crippen molar-refractivity contribution in [3.8, 4) is 0 Å². The van der Waals surface area contributed by atoms with Gasteiger partial charge in [-0.3, -0.25) is 0 Å². The second-order valence-corrected chi connectivity index (χ2v) is 6.21. The molecule has 0 amide bonds. The summed E-state index contributed by atoms with van der Waals surface area (Å²) in [5.41, 5.74) is 3.25. The molecular weight excluding hydrogens is 232 g/mol. The largest absolute Gasteiger partial charge is 0.368 e. The SMILES string of the molecule is CCc1ccc(N2CCNC3(CCCCC3)C2)cc1. The monoisotopic (exact) mass is 258 g/mol. The Morgan fingerprint density at radius 3 is 2.53 bits per heavy atom. The van der Waals surface area contributed by atoms with Gasteiger partial charge < -0.3 is 10.2 Å². The average Bonchev–Trinajstić information content (AvgIpc) is 2.48. The minimum absolute atomic E-state index is 0.403. The molecule has 1 saturated heterocycles. The van der Waals surface area contributed by atoms with Crippen LogP contribution in [0.1, 0.15) is 44.6 Å². The Balaban J connectivity index is 1.73. The molecule has 1 aliphatic carbocycles. The smallest absolute Gasteiger partial charge is 0.0367 e. The molecule has 1 spiro atoms. The van der Waals surface area contributed by atoms with E-state index in [1.54, 1.807) is 0 Å². The third-order valence-electron chi connectivity index (χ3n) is 4.90. The van der Waals surface area contributed by atoms with Gasteiger partial charge in [0.25, 0.3) is 0 Å². The first-order valence-corrected chi connectivity index (χ1v) is 7.90. The third kappa shape index (κ3) is 2.79. The molecule has 1 aromatic rings. The van der Waals surface area contributed by atoms with E-state index in [4.69, 9.17) is 0 Å². The maximum atomic E-state index is 3.82. The predicted molar refractivity (Wildman–Crippen MR) is 81.9 cm³/mol. The zero-order valence-electron chi connectivity index (χ0n) is 12.1. The third-order valence-corrected chi connectivity index (χ3v) is 4.90. The number of aryl methyl sites for hydroxylation is 1. The summed E-state index contributed by atoms with van der Waals surface area (Å²) in [5, 5.41) is 3.82. The molecule has 104 valence electrons. The molecule has 0 atom stereocenters. The van der Waals surface area contributed by atoms with E-state index in [0.717, 1.165) is 19.5 Å². The number of nitrogens with zero attached hydrogens (tertiary/aromatic N) is 1. The molecule has 0 aromatic heterocycles. The standard InChI is InChI=1S/C17H26N2/c1-2-15-6-8-16(9-7-15)19-13-12-18-17(14-19)10-4-3-5-11-17/h6-9,18H,2-5,10-14H2,1H3. The maximum Gasteiger partial charge on any atom is 0.0367 e. The Kier molecular flexibility index (Phi) is 3.79. The first-order chi connectivity index (χ1) is 9.31. The molecule has 2 fully saturated rings. The number of piperazine rings is 1. The van der Waals surface area contributed by atoms with Crippen LogP contribution in [-0.4, -0.2) is 25.2 Å². The summed E-state index contributed by atoms with van der Waals surface area (Å²) in [5.74, 6) is 0. The lowest BCUT2D eigenvalue weighted by Gasteiger charge is -2.47. The summed E-state index contributed by atoms with van der Waals surface area (Å²) in [7, 11) is 0. The van der Waals surface area contributed by atoms with Crippen molar-refractivity contribution in [2.75, 3.05) is 24.5 Å². The van der Waals surface area contributed by atoms with Crippen molar-refractivity contribution >= 4 is 5.69 Å². The quantitative estimate of drug-likeness (QED) is 0.875. The summed E-state index contributed by atoms with van der Waals surface area (Å²) in [6.07, 6.45) is 8.07. The number of hydrogen-bond acceptors (Lipinski definition) is 2. The number of rotatable bonds is 2. The van der Waals surface area contributed by atoms with Crippen molar-refractivity contribution in [3.05, 3.63) is 29.8 Å². The fourth-order valence-electron chi connectivity index (χ4n) is 3.68. The highest BCUT2D eigenvalue weighted by Crippen LogP contribution is 2.32. The second-order valence-electron chi connectivity index (χ2n) is 6.21. The predicted octanol–water partition coefficient (Wildman–Crippen LogP) is 3.36. The molecule has 1 aliphatic heterocycles. The molecule has 3 rings (SSSR count). The van der Waals surface area contributed by atoms with Gasteiger partial charge in [-0.2, -0.15) is 0 Å².